The summed E-state index contributed by atoms with van der Waals surface area (Å²) in [6.07, 6.45) is 1.62. The van der Waals surface area contributed by atoms with E-state index in [2.05, 4.69) is 26.5 Å². The van der Waals surface area contributed by atoms with Gasteiger partial charge in [0.2, 0.25) is 0 Å². The van der Waals surface area contributed by atoms with E-state index in [9.17, 15) is 0 Å². The highest BCUT2D eigenvalue weighted by molar-refractivity contribution is 9.10. The Morgan fingerprint density at radius 1 is 1.12 bits per heavy atom. The highest BCUT2D eigenvalue weighted by atomic mass is 79.9. The number of benzene rings is 2. The summed E-state index contributed by atoms with van der Waals surface area (Å²) in [7, 11) is 0. The topological polar surface area (TPSA) is 37.5 Å². The maximum atomic E-state index is 6.12. The van der Waals surface area contributed by atoms with Crippen molar-refractivity contribution < 1.29 is 4.42 Å². The van der Waals surface area contributed by atoms with Crippen molar-refractivity contribution in [3.63, 3.8) is 0 Å². The fraction of sp³-hybridized carbons (Fsp3) is 0.105. The van der Waals surface area contributed by atoms with Crippen LogP contribution in [0.4, 0.5) is 0 Å². The molecule has 0 saturated heterocycles. The molecule has 0 aliphatic heterocycles. The Hall–Kier alpha value is -1.75. The molecule has 0 saturated carbocycles. The molecule has 0 spiro atoms. The van der Waals surface area contributed by atoms with Gasteiger partial charge in [-0.1, -0.05) is 57.3 Å². The van der Waals surface area contributed by atoms with E-state index in [1.807, 2.05) is 43.3 Å². The fourth-order valence-corrected chi connectivity index (χ4v) is 3.17. The highest BCUT2D eigenvalue weighted by Crippen LogP contribution is 2.27. The van der Waals surface area contributed by atoms with E-state index in [0.29, 0.717) is 22.4 Å². The SMILES string of the molecule is Cc1ccc(-c2ccc(/C=N\NCc3c(Cl)cccc3Cl)o2)cc1Br. The molecular weight excluding hydrogens is 423 g/mol. The molecule has 3 aromatic rings. The van der Waals surface area contributed by atoms with E-state index in [1.54, 1.807) is 18.3 Å². The lowest BCUT2D eigenvalue weighted by Gasteiger charge is -2.05. The zero-order valence-corrected chi connectivity index (χ0v) is 16.5. The molecule has 2 aromatic carbocycles. The van der Waals surface area contributed by atoms with Crippen LogP contribution in [-0.2, 0) is 6.54 Å². The predicted molar refractivity (Wildman–Crippen MR) is 107 cm³/mol. The van der Waals surface area contributed by atoms with Crippen LogP contribution in [0.5, 0.6) is 0 Å². The van der Waals surface area contributed by atoms with E-state index >= 15 is 0 Å². The van der Waals surface area contributed by atoms with Crippen molar-refractivity contribution in [1.82, 2.24) is 5.43 Å². The Kier molecular flexibility index (Phi) is 5.84. The van der Waals surface area contributed by atoms with E-state index in [1.165, 1.54) is 5.56 Å². The lowest BCUT2D eigenvalue weighted by Crippen LogP contribution is -2.06. The molecule has 0 bridgehead atoms. The maximum Gasteiger partial charge on any atom is 0.147 e. The summed E-state index contributed by atoms with van der Waals surface area (Å²) in [4.78, 5) is 0. The number of halogens is 3. The molecule has 128 valence electrons. The zero-order valence-electron chi connectivity index (χ0n) is 13.4. The van der Waals surface area contributed by atoms with Gasteiger partial charge in [0.05, 0.1) is 12.8 Å². The second-order valence-corrected chi connectivity index (χ2v) is 7.13. The third-order valence-corrected chi connectivity index (χ3v) is 5.25. The lowest BCUT2D eigenvalue weighted by molar-refractivity contribution is 0.573. The van der Waals surface area contributed by atoms with Gasteiger partial charge < -0.3 is 9.84 Å². The molecule has 0 unspecified atom stereocenters. The molecule has 6 heteroatoms. The van der Waals surface area contributed by atoms with Crippen molar-refractivity contribution in [2.75, 3.05) is 0 Å². The minimum Gasteiger partial charge on any atom is -0.455 e. The molecule has 0 aliphatic rings. The summed E-state index contributed by atoms with van der Waals surface area (Å²) in [5.41, 5.74) is 5.93. The van der Waals surface area contributed by atoms with E-state index in [-0.39, 0.29) is 0 Å². The van der Waals surface area contributed by atoms with Crippen LogP contribution >= 0.6 is 39.1 Å². The van der Waals surface area contributed by atoms with Gasteiger partial charge in [0.1, 0.15) is 11.5 Å². The third-order valence-electron chi connectivity index (χ3n) is 3.68. The van der Waals surface area contributed by atoms with Crippen LogP contribution in [0.3, 0.4) is 0 Å². The number of nitrogens with zero attached hydrogens (tertiary/aromatic N) is 1. The summed E-state index contributed by atoms with van der Waals surface area (Å²) in [5.74, 6) is 1.45. The molecule has 3 rings (SSSR count). The Labute approximate surface area is 164 Å². The molecule has 25 heavy (non-hydrogen) atoms. The standard InChI is InChI=1S/C19H15BrCl2N2O/c1-12-5-6-13(9-16(12)20)19-8-7-14(25-19)10-23-24-11-15-17(21)3-2-4-18(15)22/h2-10,24H,11H2,1H3/b23-10-. The van der Waals surface area contributed by atoms with Gasteiger partial charge in [-0.2, -0.15) is 5.10 Å². The molecule has 0 radical (unpaired) electrons. The van der Waals surface area contributed by atoms with E-state index in [4.69, 9.17) is 27.6 Å². The summed E-state index contributed by atoms with van der Waals surface area (Å²) in [6, 6.07) is 15.3. The molecule has 3 nitrogen and oxygen atoms in total. The van der Waals surface area contributed by atoms with Crippen LogP contribution < -0.4 is 5.43 Å². The van der Waals surface area contributed by atoms with Gasteiger partial charge in [-0.05, 0) is 42.8 Å². The summed E-state index contributed by atoms with van der Waals surface area (Å²) in [5, 5.41) is 5.39. The largest absolute Gasteiger partial charge is 0.455 e. The van der Waals surface area contributed by atoms with Gasteiger partial charge in [0.15, 0.2) is 0 Å². The van der Waals surface area contributed by atoms with Crippen LogP contribution in [0.25, 0.3) is 11.3 Å². The first-order valence-electron chi connectivity index (χ1n) is 7.60. The first kappa shape index (κ1) is 18.1. The van der Waals surface area contributed by atoms with Gasteiger partial charge in [-0.15, -0.1) is 0 Å². The van der Waals surface area contributed by atoms with Crippen molar-refractivity contribution in [1.29, 1.82) is 0 Å². The van der Waals surface area contributed by atoms with Gasteiger partial charge >= 0.3 is 0 Å². The van der Waals surface area contributed by atoms with Crippen LogP contribution in [0.1, 0.15) is 16.9 Å². The minimum atomic E-state index is 0.438. The van der Waals surface area contributed by atoms with Gasteiger partial charge in [0.25, 0.3) is 0 Å². The van der Waals surface area contributed by atoms with Crippen LogP contribution in [0, 0.1) is 6.92 Å². The summed E-state index contributed by atoms with van der Waals surface area (Å²) >= 11 is 15.8. The number of hydrogen-bond donors (Lipinski definition) is 1. The Morgan fingerprint density at radius 3 is 2.60 bits per heavy atom. The second-order valence-electron chi connectivity index (χ2n) is 5.46. The first-order valence-corrected chi connectivity index (χ1v) is 9.14. The Bertz CT molecular complexity index is 901. The molecule has 0 fully saturated rings. The number of rotatable bonds is 5. The Balaban J connectivity index is 1.65. The Morgan fingerprint density at radius 2 is 1.88 bits per heavy atom. The van der Waals surface area contributed by atoms with Crippen molar-refractivity contribution in [2.45, 2.75) is 13.5 Å². The highest BCUT2D eigenvalue weighted by Gasteiger charge is 2.06. The van der Waals surface area contributed by atoms with Gasteiger partial charge in [-0.3, -0.25) is 0 Å². The van der Waals surface area contributed by atoms with Gasteiger partial charge in [-0.25, -0.2) is 0 Å². The lowest BCUT2D eigenvalue weighted by atomic mass is 10.1. The minimum absolute atomic E-state index is 0.438. The van der Waals surface area contributed by atoms with Crippen molar-refractivity contribution >= 4 is 45.3 Å². The fourth-order valence-electron chi connectivity index (χ4n) is 2.26. The van der Waals surface area contributed by atoms with Crippen LogP contribution in [0.15, 0.2) is 62.5 Å². The molecule has 1 aromatic heterocycles. The van der Waals surface area contributed by atoms with Crippen molar-refractivity contribution in [2.24, 2.45) is 5.10 Å². The quantitative estimate of drug-likeness (QED) is 0.368. The molecule has 0 atom stereocenters. The van der Waals surface area contributed by atoms with E-state index in [0.717, 1.165) is 21.4 Å². The third kappa shape index (κ3) is 4.46. The maximum absolute atomic E-state index is 6.12. The molecule has 0 amide bonds. The smallest absolute Gasteiger partial charge is 0.147 e. The van der Waals surface area contributed by atoms with Crippen molar-refractivity contribution in [3.8, 4) is 11.3 Å². The van der Waals surface area contributed by atoms with E-state index < -0.39 is 0 Å². The monoisotopic (exact) mass is 436 g/mol. The number of aryl methyl sites for hydroxylation is 1. The normalized spacial score (nSPS) is 11.2. The van der Waals surface area contributed by atoms with Gasteiger partial charge in [0, 0.05) is 25.6 Å². The summed E-state index contributed by atoms with van der Waals surface area (Å²) < 4.78 is 6.85. The number of nitrogens with one attached hydrogen (secondary N) is 1. The molecule has 1 N–H and O–H groups in total. The average Bonchev–Trinajstić information content (AvgIpc) is 3.05. The number of hydrazone groups is 1. The number of hydrogen-bond acceptors (Lipinski definition) is 3. The predicted octanol–water partition coefficient (Wildman–Crippen LogP) is 6.45. The van der Waals surface area contributed by atoms with Crippen LogP contribution in [0.2, 0.25) is 10.0 Å². The van der Waals surface area contributed by atoms with Crippen molar-refractivity contribution in [3.05, 3.63) is 79.9 Å². The molecular formula is C19H15BrCl2N2O. The number of furan rings is 1. The van der Waals surface area contributed by atoms with Crippen LogP contribution in [-0.4, -0.2) is 6.21 Å². The zero-order chi connectivity index (χ0) is 17.8. The molecule has 0 aliphatic carbocycles. The average molecular weight is 438 g/mol. The molecule has 1 heterocycles. The first-order chi connectivity index (χ1) is 12.0. The summed E-state index contributed by atoms with van der Waals surface area (Å²) in [6.45, 7) is 2.48. The second kappa shape index (κ2) is 8.09.